The van der Waals surface area contributed by atoms with Gasteiger partial charge >= 0.3 is 24.5 Å². The van der Waals surface area contributed by atoms with Crippen molar-refractivity contribution in [2.75, 3.05) is 0 Å². The van der Waals surface area contributed by atoms with Gasteiger partial charge < -0.3 is 10.2 Å². The fourth-order valence-corrected chi connectivity index (χ4v) is 0. The molecule has 9 heteroatoms. The van der Waals surface area contributed by atoms with Crippen LogP contribution in [0.5, 0.6) is 0 Å². The van der Waals surface area contributed by atoms with Gasteiger partial charge in [0.1, 0.15) is 0 Å². The number of hydrogen-bond donors (Lipinski definition) is 2. The molecule has 0 rings (SSSR count). The zero-order valence-corrected chi connectivity index (χ0v) is 5.68. The highest BCUT2D eigenvalue weighted by molar-refractivity contribution is 5.73. The van der Waals surface area contributed by atoms with Gasteiger partial charge in [0.05, 0.1) is 0 Å². The van der Waals surface area contributed by atoms with Crippen LogP contribution < -0.4 is 0 Å². The Bertz CT molecular complexity index is 185. The molecule has 2 N–H and O–H groups in total. The fourth-order valence-electron chi connectivity index (χ4n) is 0. The third-order valence-corrected chi connectivity index (χ3v) is 0.429. The summed E-state index contributed by atoms with van der Waals surface area (Å²) in [6.07, 6.45) is -8.31. The molecule has 13 heavy (non-hydrogen) atoms. The lowest BCUT2D eigenvalue weighted by Crippen LogP contribution is -2.21. The molecule has 4 nitrogen and oxygen atoms in total. The number of carboxylic acid groups (broad SMARTS) is 2. The summed E-state index contributed by atoms with van der Waals surface area (Å²) in [5.74, 6) is -4.83. The summed E-state index contributed by atoms with van der Waals surface area (Å²) in [4.78, 5) is 17.8. The SMILES string of the molecule is O=C(O)C(F)(F)F.O=C(O)C(F)F. The molecule has 0 aromatic rings. The first-order valence-electron chi connectivity index (χ1n) is 2.40. The lowest BCUT2D eigenvalue weighted by atomic mass is 10.7. The van der Waals surface area contributed by atoms with Gasteiger partial charge in [-0.15, -0.1) is 0 Å². The van der Waals surface area contributed by atoms with Gasteiger partial charge in [-0.3, -0.25) is 0 Å². The molecule has 0 unspecified atom stereocenters. The molecule has 0 amide bonds. The first kappa shape index (κ1) is 14.1. The van der Waals surface area contributed by atoms with Crippen molar-refractivity contribution in [2.24, 2.45) is 0 Å². The molecular formula is C4H3F5O4. The molecule has 78 valence electrons. The third-order valence-electron chi connectivity index (χ3n) is 0.429. The van der Waals surface area contributed by atoms with Crippen molar-refractivity contribution >= 4 is 11.9 Å². The van der Waals surface area contributed by atoms with Gasteiger partial charge in [0.2, 0.25) is 0 Å². The molecule has 0 aromatic carbocycles. The van der Waals surface area contributed by atoms with Crippen LogP contribution in [-0.4, -0.2) is 34.8 Å². The number of halogens is 5. The number of aliphatic carboxylic acids is 2. The monoisotopic (exact) mass is 210 g/mol. The number of rotatable bonds is 1. The van der Waals surface area contributed by atoms with Gasteiger partial charge in [-0.1, -0.05) is 0 Å². The molecule has 0 atom stereocenters. The van der Waals surface area contributed by atoms with E-state index >= 15 is 0 Å². The number of hydrogen-bond acceptors (Lipinski definition) is 2. The minimum absolute atomic E-state index is 2.07. The Morgan fingerprint density at radius 3 is 1.23 bits per heavy atom. The minimum atomic E-state index is -5.08. The third kappa shape index (κ3) is 10.6. The molecule has 0 saturated carbocycles. The summed E-state index contributed by atoms with van der Waals surface area (Å²) in [6.45, 7) is 0. The molecular weight excluding hydrogens is 207 g/mol. The van der Waals surface area contributed by atoms with Crippen LogP contribution >= 0.6 is 0 Å². The molecule has 0 aliphatic heterocycles. The van der Waals surface area contributed by atoms with Crippen molar-refractivity contribution in [1.29, 1.82) is 0 Å². The van der Waals surface area contributed by atoms with Crippen molar-refractivity contribution in [3.8, 4) is 0 Å². The summed E-state index contributed by atoms with van der Waals surface area (Å²) >= 11 is 0. The Labute approximate surface area is 67.6 Å². The second-order valence-corrected chi connectivity index (χ2v) is 1.44. The lowest BCUT2D eigenvalue weighted by Gasteiger charge is -1.93. The topological polar surface area (TPSA) is 74.6 Å². The van der Waals surface area contributed by atoms with E-state index in [0.717, 1.165) is 0 Å². The summed E-state index contributed by atoms with van der Waals surface area (Å²) in [6, 6.07) is 0. The standard InChI is InChI=1S/C2HF3O2.C2H2F2O2/c3-2(4,5)1(6)7;3-1(4)2(5)6/h(H,6,7);1H,(H,5,6). The molecule has 0 spiro atoms. The van der Waals surface area contributed by atoms with Crippen molar-refractivity contribution < 1.29 is 41.8 Å². The Hall–Kier alpha value is -1.41. The van der Waals surface area contributed by atoms with Gasteiger partial charge in [0.25, 0.3) is 0 Å². The first-order valence-corrected chi connectivity index (χ1v) is 2.40. The Kier molecular flexibility index (Phi) is 5.73. The zero-order chi connectivity index (χ0) is 11.2. The minimum Gasteiger partial charge on any atom is -0.477 e. The summed E-state index contributed by atoms with van der Waals surface area (Å²) < 4.78 is 52.9. The van der Waals surface area contributed by atoms with Gasteiger partial charge in [-0.05, 0) is 0 Å². The van der Waals surface area contributed by atoms with Gasteiger partial charge in [-0.25, -0.2) is 9.59 Å². The smallest absolute Gasteiger partial charge is 0.477 e. The van der Waals surface area contributed by atoms with Crippen LogP contribution in [0.1, 0.15) is 0 Å². The highest BCUT2D eigenvalue weighted by Gasteiger charge is 2.38. The van der Waals surface area contributed by atoms with E-state index in [-0.39, 0.29) is 0 Å². The van der Waals surface area contributed by atoms with Crippen LogP contribution in [0, 0.1) is 0 Å². The maximum absolute atomic E-state index is 10.6. The van der Waals surface area contributed by atoms with Gasteiger partial charge in [-0.2, -0.15) is 22.0 Å². The van der Waals surface area contributed by atoms with Crippen LogP contribution in [0.15, 0.2) is 0 Å². The second-order valence-electron chi connectivity index (χ2n) is 1.44. The molecule has 0 radical (unpaired) electrons. The molecule has 0 aliphatic rings. The van der Waals surface area contributed by atoms with Crippen molar-refractivity contribution in [1.82, 2.24) is 0 Å². The van der Waals surface area contributed by atoms with Gasteiger partial charge in [0, 0.05) is 0 Å². The maximum atomic E-state index is 10.6. The Morgan fingerprint density at radius 2 is 1.23 bits per heavy atom. The van der Waals surface area contributed by atoms with Crippen molar-refractivity contribution in [2.45, 2.75) is 12.6 Å². The van der Waals surface area contributed by atoms with E-state index in [1.165, 1.54) is 0 Å². The van der Waals surface area contributed by atoms with Crippen molar-refractivity contribution in [3.05, 3.63) is 0 Å². The number of alkyl halides is 5. The van der Waals surface area contributed by atoms with E-state index in [2.05, 4.69) is 0 Å². The Balaban J connectivity index is 0. The van der Waals surface area contributed by atoms with Crippen LogP contribution in [0.2, 0.25) is 0 Å². The van der Waals surface area contributed by atoms with E-state index in [4.69, 9.17) is 19.8 Å². The fraction of sp³-hybridized carbons (Fsp3) is 0.500. The van der Waals surface area contributed by atoms with E-state index in [1.807, 2.05) is 0 Å². The maximum Gasteiger partial charge on any atom is 0.490 e. The summed E-state index contributed by atoms with van der Waals surface area (Å²) in [5, 5.41) is 14.4. The van der Waals surface area contributed by atoms with E-state index < -0.39 is 24.5 Å². The highest BCUT2D eigenvalue weighted by Crippen LogP contribution is 2.13. The van der Waals surface area contributed by atoms with E-state index in [0.29, 0.717) is 0 Å². The summed E-state index contributed by atoms with van der Waals surface area (Å²) in [5.41, 5.74) is 0. The van der Waals surface area contributed by atoms with Crippen LogP contribution in [0.4, 0.5) is 22.0 Å². The van der Waals surface area contributed by atoms with E-state index in [1.54, 1.807) is 0 Å². The lowest BCUT2D eigenvalue weighted by molar-refractivity contribution is -0.192. The quantitative estimate of drug-likeness (QED) is 0.632. The molecule has 0 saturated heterocycles. The largest absolute Gasteiger partial charge is 0.490 e. The predicted molar refractivity (Wildman–Crippen MR) is 27.3 cm³/mol. The normalized spacial score (nSPS) is 10.3. The number of carbonyl (C=O) groups is 2. The molecule has 0 heterocycles. The van der Waals surface area contributed by atoms with Crippen LogP contribution in [-0.2, 0) is 9.59 Å². The van der Waals surface area contributed by atoms with Crippen LogP contribution in [0.25, 0.3) is 0 Å². The Morgan fingerprint density at radius 1 is 1.08 bits per heavy atom. The highest BCUT2D eigenvalue weighted by atomic mass is 19.4. The second kappa shape index (κ2) is 5.27. The average molecular weight is 210 g/mol. The molecule has 0 aromatic heterocycles. The number of carboxylic acids is 2. The predicted octanol–water partition coefficient (Wildman–Crippen LogP) is 0.969. The van der Waals surface area contributed by atoms with Crippen LogP contribution in [0.3, 0.4) is 0 Å². The molecule has 0 fully saturated rings. The summed E-state index contributed by atoms with van der Waals surface area (Å²) in [7, 11) is 0. The van der Waals surface area contributed by atoms with E-state index in [9.17, 15) is 22.0 Å². The van der Waals surface area contributed by atoms with Gasteiger partial charge in [0.15, 0.2) is 0 Å². The molecule has 0 aliphatic carbocycles. The van der Waals surface area contributed by atoms with Crippen molar-refractivity contribution in [3.63, 3.8) is 0 Å². The average Bonchev–Trinajstić information content (AvgIpc) is 1.86. The molecule has 0 bridgehead atoms. The first-order chi connectivity index (χ1) is 5.59. The zero-order valence-electron chi connectivity index (χ0n) is 5.68.